The lowest BCUT2D eigenvalue weighted by molar-refractivity contribution is 0.0759. The minimum absolute atomic E-state index is 0.616. The van der Waals surface area contributed by atoms with Crippen LogP contribution >= 0.6 is 0 Å². The zero-order valence-corrected chi connectivity index (χ0v) is 10.4. The summed E-state index contributed by atoms with van der Waals surface area (Å²) in [7, 11) is 1.66. The highest BCUT2D eigenvalue weighted by Gasteiger charge is 1.96. The van der Waals surface area contributed by atoms with Crippen molar-refractivity contribution in [3.8, 4) is 0 Å². The second kappa shape index (κ2) is 8.72. The van der Waals surface area contributed by atoms with Crippen LogP contribution in [0.25, 0.3) is 0 Å². The maximum Gasteiger partial charge on any atom is 0.224 e. The molecular weight excluding hydrogens is 220 g/mol. The second-order valence-corrected chi connectivity index (χ2v) is 3.33. The van der Waals surface area contributed by atoms with Crippen molar-refractivity contribution in [2.24, 2.45) is 0 Å². The maximum atomic E-state index is 5.33. The van der Waals surface area contributed by atoms with Crippen LogP contribution in [0.4, 0.5) is 11.8 Å². The van der Waals surface area contributed by atoms with E-state index in [1.54, 1.807) is 13.3 Å². The molecule has 1 aromatic heterocycles. The molecule has 0 radical (unpaired) electrons. The van der Waals surface area contributed by atoms with Crippen LogP contribution in [0, 0.1) is 0 Å². The Morgan fingerprint density at radius 3 is 2.88 bits per heavy atom. The van der Waals surface area contributed by atoms with Crippen LogP contribution in [0.15, 0.2) is 12.3 Å². The van der Waals surface area contributed by atoms with E-state index in [1.807, 2.05) is 13.0 Å². The predicted molar refractivity (Wildman–Crippen MR) is 67.4 cm³/mol. The fourth-order valence-corrected chi connectivity index (χ4v) is 1.20. The van der Waals surface area contributed by atoms with Gasteiger partial charge in [-0.15, -0.1) is 0 Å². The molecule has 1 rings (SSSR count). The number of hydrogen-bond donors (Lipinski definition) is 2. The van der Waals surface area contributed by atoms with Crippen LogP contribution in [-0.4, -0.2) is 50.0 Å². The van der Waals surface area contributed by atoms with Gasteiger partial charge in [-0.3, -0.25) is 0 Å². The highest BCUT2D eigenvalue weighted by molar-refractivity contribution is 5.39. The van der Waals surface area contributed by atoms with E-state index < -0.39 is 0 Å². The largest absolute Gasteiger partial charge is 0.382 e. The van der Waals surface area contributed by atoms with E-state index >= 15 is 0 Å². The van der Waals surface area contributed by atoms with E-state index in [0.717, 1.165) is 12.4 Å². The van der Waals surface area contributed by atoms with Crippen LogP contribution in [0.5, 0.6) is 0 Å². The molecule has 6 nitrogen and oxygen atoms in total. The van der Waals surface area contributed by atoms with Gasteiger partial charge >= 0.3 is 0 Å². The number of ether oxygens (including phenoxy) is 2. The highest BCUT2D eigenvalue weighted by atomic mass is 16.5. The lowest BCUT2D eigenvalue weighted by atomic mass is 10.5. The molecule has 0 aliphatic rings. The fraction of sp³-hybridized carbons (Fsp3) is 0.636. The Labute approximate surface area is 102 Å². The zero-order valence-electron chi connectivity index (χ0n) is 10.4. The van der Waals surface area contributed by atoms with Gasteiger partial charge in [-0.1, -0.05) is 0 Å². The Morgan fingerprint density at radius 2 is 2.12 bits per heavy atom. The van der Waals surface area contributed by atoms with Crippen LogP contribution in [0.2, 0.25) is 0 Å². The van der Waals surface area contributed by atoms with E-state index in [2.05, 4.69) is 20.6 Å². The summed E-state index contributed by atoms with van der Waals surface area (Å²) < 4.78 is 10.2. The summed E-state index contributed by atoms with van der Waals surface area (Å²) in [6.07, 6.45) is 1.72. The normalized spacial score (nSPS) is 10.2. The first-order valence-corrected chi connectivity index (χ1v) is 5.74. The van der Waals surface area contributed by atoms with Gasteiger partial charge in [0, 0.05) is 26.4 Å². The summed E-state index contributed by atoms with van der Waals surface area (Å²) in [4.78, 5) is 8.37. The first kappa shape index (κ1) is 13.7. The van der Waals surface area contributed by atoms with Crippen LogP contribution in [0.3, 0.4) is 0 Å². The Kier molecular flexibility index (Phi) is 7.01. The molecule has 2 N–H and O–H groups in total. The first-order chi connectivity index (χ1) is 8.36. The Balaban J connectivity index is 2.19. The summed E-state index contributed by atoms with van der Waals surface area (Å²) in [6, 6.07) is 1.83. The van der Waals surface area contributed by atoms with Gasteiger partial charge in [0.15, 0.2) is 0 Å². The summed E-state index contributed by atoms with van der Waals surface area (Å²) in [5.74, 6) is 1.43. The van der Waals surface area contributed by atoms with E-state index in [-0.39, 0.29) is 0 Å². The average molecular weight is 240 g/mol. The molecule has 0 saturated heterocycles. The molecule has 0 aliphatic carbocycles. The first-order valence-electron chi connectivity index (χ1n) is 5.74. The number of nitrogens with zero attached hydrogens (tertiary/aromatic N) is 2. The molecule has 6 heteroatoms. The Hall–Kier alpha value is -1.40. The zero-order chi connectivity index (χ0) is 12.3. The number of rotatable bonds is 9. The fourth-order valence-electron chi connectivity index (χ4n) is 1.20. The van der Waals surface area contributed by atoms with Crippen molar-refractivity contribution in [2.75, 3.05) is 50.7 Å². The van der Waals surface area contributed by atoms with Gasteiger partial charge in [0.1, 0.15) is 5.82 Å². The molecule has 1 heterocycles. The minimum Gasteiger partial charge on any atom is -0.382 e. The molecule has 0 aromatic carbocycles. The number of nitrogens with one attached hydrogen (secondary N) is 2. The van der Waals surface area contributed by atoms with Gasteiger partial charge in [-0.05, 0) is 13.0 Å². The Bertz CT molecular complexity index is 309. The second-order valence-electron chi connectivity index (χ2n) is 3.33. The highest BCUT2D eigenvalue weighted by Crippen LogP contribution is 2.04. The number of methoxy groups -OCH3 is 1. The topological polar surface area (TPSA) is 68.3 Å². The van der Waals surface area contributed by atoms with Gasteiger partial charge in [-0.2, -0.15) is 4.98 Å². The number of aromatic nitrogens is 2. The van der Waals surface area contributed by atoms with Gasteiger partial charge in [0.2, 0.25) is 5.95 Å². The van der Waals surface area contributed by atoms with Crippen molar-refractivity contribution in [2.45, 2.75) is 6.92 Å². The number of anilines is 2. The van der Waals surface area contributed by atoms with E-state index in [9.17, 15) is 0 Å². The molecule has 0 fully saturated rings. The molecule has 0 amide bonds. The van der Waals surface area contributed by atoms with Crippen LogP contribution in [-0.2, 0) is 9.47 Å². The molecule has 0 aliphatic heterocycles. The molecule has 0 bridgehead atoms. The van der Waals surface area contributed by atoms with E-state index in [4.69, 9.17) is 9.47 Å². The lowest BCUT2D eigenvalue weighted by Crippen LogP contribution is -2.13. The van der Waals surface area contributed by atoms with Crippen molar-refractivity contribution in [1.82, 2.24) is 9.97 Å². The quantitative estimate of drug-likeness (QED) is 0.627. The van der Waals surface area contributed by atoms with Crippen molar-refractivity contribution in [3.05, 3.63) is 12.3 Å². The molecular formula is C11H20N4O2. The third kappa shape index (κ3) is 6.03. The molecule has 0 saturated carbocycles. The van der Waals surface area contributed by atoms with Crippen molar-refractivity contribution < 1.29 is 9.47 Å². The summed E-state index contributed by atoms with van der Waals surface area (Å²) >= 11 is 0. The monoisotopic (exact) mass is 240 g/mol. The molecule has 17 heavy (non-hydrogen) atoms. The molecule has 1 aromatic rings. The third-order valence-corrected chi connectivity index (χ3v) is 1.97. The minimum atomic E-state index is 0.616. The molecule has 0 unspecified atom stereocenters. The van der Waals surface area contributed by atoms with Crippen molar-refractivity contribution in [1.29, 1.82) is 0 Å². The number of hydrogen-bond acceptors (Lipinski definition) is 6. The third-order valence-electron chi connectivity index (χ3n) is 1.97. The summed E-state index contributed by atoms with van der Waals surface area (Å²) in [5, 5.41) is 6.22. The van der Waals surface area contributed by atoms with Gasteiger partial charge < -0.3 is 20.1 Å². The van der Waals surface area contributed by atoms with Gasteiger partial charge in [-0.25, -0.2) is 4.98 Å². The molecule has 0 spiro atoms. The van der Waals surface area contributed by atoms with Crippen molar-refractivity contribution >= 4 is 11.8 Å². The molecule has 0 atom stereocenters. The van der Waals surface area contributed by atoms with Crippen LogP contribution in [0.1, 0.15) is 6.92 Å². The maximum absolute atomic E-state index is 5.33. The van der Waals surface area contributed by atoms with Gasteiger partial charge in [0.25, 0.3) is 0 Å². The summed E-state index contributed by atoms with van der Waals surface area (Å²) in [6.45, 7) is 5.40. The average Bonchev–Trinajstić information content (AvgIpc) is 2.35. The molecule has 96 valence electrons. The lowest BCUT2D eigenvalue weighted by Gasteiger charge is -2.07. The standard InChI is InChI=1S/C11H20N4O2/c1-3-12-11-14-5-4-10(15-11)13-6-7-17-9-8-16-2/h4-5H,3,6-9H2,1-2H3,(H2,12,13,14,15). The van der Waals surface area contributed by atoms with Crippen molar-refractivity contribution in [3.63, 3.8) is 0 Å². The van der Waals surface area contributed by atoms with Crippen LogP contribution < -0.4 is 10.6 Å². The Morgan fingerprint density at radius 1 is 1.24 bits per heavy atom. The smallest absolute Gasteiger partial charge is 0.224 e. The summed E-state index contributed by atoms with van der Waals surface area (Å²) in [5.41, 5.74) is 0. The van der Waals surface area contributed by atoms with E-state index in [1.165, 1.54) is 0 Å². The predicted octanol–water partition coefficient (Wildman–Crippen LogP) is 0.983. The van der Waals surface area contributed by atoms with Gasteiger partial charge in [0.05, 0.1) is 19.8 Å². The van der Waals surface area contributed by atoms with E-state index in [0.29, 0.717) is 32.3 Å². The SMILES string of the molecule is CCNc1nccc(NCCOCCOC)n1.